The Balaban J connectivity index is 1.66. The Kier molecular flexibility index (Phi) is 13.8. The van der Waals surface area contributed by atoms with Gasteiger partial charge in [0, 0.05) is 52.4 Å². The molecule has 0 atom stereocenters. The summed E-state index contributed by atoms with van der Waals surface area (Å²) in [5.41, 5.74) is 6.15. The van der Waals surface area contributed by atoms with Crippen molar-refractivity contribution < 1.29 is 0 Å². The van der Waals surface area contributed by atoms with E-state index >= 15 is 0 Å². The molecule has 35 heavy (non-hydrogen) atoms. The summed E-state index contributed by atoms with van der Waals surface area (Å²) in [6.07, 6.45) is 2.26. The molecule has 2 aliphatic rings. The van der Waals surface area contributed by atoms with E-state index in [4.69, 9.17) is 10.7 Å². The van der Waals surface area contributed by atoms with Crippen molar-refractivity contribution in [2.75, 3.05) is 121 Å². The van der Waals surface area contributed by atoms with E-state index in [-0.39, 0.29) is 5.95 Å². The van der Waals surface area contributed by atoms with Gasteiger partial charge in [0.2, 0.25) is 17.8 Å². The summed E-state index contributed by atoms with van der Waals surface area (Å²) in [7, 11) is 0. The Bertz CT molecular complexity index is 597. The normalized spacial score (nSPS) is 22.2. The quantitative estimate of drug-likeness (QED) is 0.198. The lowest BCUT2D eigenvalue weighted by atomic mass is 10.4. The van der Waals surface area contributed by atoms with Gasteiger partial charge < -0.3 is 36.8 Å². The van der Waals surface area contributed by atoms with Crippen LogP contribution in [-0.4, -0.2) is 120 Å². The number of nitrogens with two attached hydrogens (primary N) is 1. The molecule has 0 amide bonds. The lowest BCUT2D eigenvalue weighted by molar-refractivity contribution is 0.520. The molecule has 0 spiro atoms. The Hall–Kier alpha value is -1.91. The Morgan fingerprint density at radius 2 is 0.743 bits per heavy atom. The van der Waals surface area contributed by atoms with Crippen molar-refractivity contribution in [1.29, 1.82) is 0 Å². The van der Waals surface area contributed by atoms with E-state index in [1.807, 2.05) is 0 Å². The summed E-state index contributed by atoms with van der Waals surface area (Å²) in [6.45, 7) is 13.6. The number of nitrogens with zero attached hydrogens (tertiary/aromatic N) is 5. The van der Waals surface area contributed by atoms with Gasteiger partial charge in [-0.3, -0.25) is 21.3 Å². The van der Waals surface area contributed by atoms with Gasteiger partial charge in [-0.1, -0.05) is 0 Å². The van der Waals surface area contributed by atoms with Crippen molar-refractivity contribution >= 4 is 17.8 Å². The molecule has 0 unspecified atom stereocenters. The van der Waals surface area contributed by atoms with Crippen molar-refractivity contribution in [1.82, 2.24) is 57.5 Å². The first-order valence-corrected chi connectivity index (χ1v) is 13.0. The fraction of sp³-hybridized carbons (Fsp3) is 0.857. The van der Waals surface area contributed by atoms with Crippen molar-refractivity contribution in [3.05, 3.63) is 0 Å². The molecule has 0 radical (unpaired) electrons. The highest BCUT2D eigenvalue weighted by molar-refractivity contribution is 5.43. The number of hydrogen-bond donors (Lipinski definition) is 9. The van der Waals surface area contributed by atoms with Crippen LogP contribution in [0.3, 0.4) is 0 Å². The fourth-order valence-corrected chi connectivity index (χ4v) is 3.79. The van der Waals surface area contributed by atoms with Crippen LogP contribution in [0.2, 0.25) is 0 Å². The molecular weight excluding hydrogens is 448 g/mol. The van der Waals surface area contributed by atoms with Crippen LogP contribution in [0.15, 0.2) is 0 Å². The predicted octanol–water partition coefficient (Wildman–Crippen LogP) is -3.58. The Morgan fingerprint density at radius 3 is 1.09 bits per heavy atom. The number of hydrogen-bond acceptors (Lipinski definition) is 14. The number of anilines is 3. The summed E-state index contributed by atoms with van der Waals surface area (Å²) in [5.74, 6) is 1.34. The summed E-state index contributed by atoms with van der Waals surface area (Å²) in [4.78, 5) is 17.9. The third kappa shape index (κ3) is 11.6. The standard InChI is InChI=1S/C21H46N14/c22-19-31-20(34-15-27-11-7-23-3-1-4-24-8-12-28-16-34)33-21(32-19)35-17-29-13-9-25-5-2-6-26-10-14-30-18-35/h23-30H,1-18H2,(H2,22,31,32,33). The second-order valence-corrected chi connectivity index (χ2v) is 8.71. The molecule has 1 aromatic heterocycles. The molecule has 200 valence electrons. The van der Waals surface area contributed by atoms with E-state index in [1.165, 1.54) is 0 Å². The molecule has 1 aromatic rings. The first-order valence-electron chi connectivity index (χ1n) is 13.0. The van der Waals surface area contributed by atoms with E-state index in [2.05, 4.69) is 62.3 Å². The number of nitrogens with one attached hydrogen (secondary N) is 8. The first-order chi connectivity index (χ1) is 17.3. The van der Waals surface area contributed by atoms with Gasteiger partial charge in [-0.15, -0.1) is 0 Å². The molecule has 0 aromatic carbocycles. The molecule has 2 fully saturated rings. The molecule has 14 heteroatoms. The van der Waals surface area contributed by atoms with E-state index in [0.29, 0.717) is 38.6 Å². The van der Waals surface area contributed by atoms with Crippen molar-refractivity contribution in [2.24, 2.45) is 0 Å². The van der Waals surface area contributed by atoms with E-state index < -0.39 is 0 Å². The van der Waals surface area contributed by atoms with Crippen LogP contribution in [0.4, 0.5) is 17.8 Å². The maximum absolute atomic E-state index is 6.15. The lowest BCUT2D eigenvalue weighted by Crippen LogP contribution is -2.46. The summed E-state index contributed by atoms with van der Waals surface area (Å²) >= 11 is 0. The van der Waals surface area contributed by atoms with E-state index in [9.17, 15) is 0 Å². The Morgan fingerprint density at radius 1 is 0.429 bits per heavy atom. The maximum Gasteiger partial charge on any atom is 0.234 e. The highest BCUT2D eigenvalue weighted by Gasteiger charge is 2.17. The molecule has 14 nitrogen and oxygen atoms in total. The summed E-state index contributed by atoms with van der Waals surface area (Å²) in [5, 5.41) is 27.8. The number of nitrogen functional groups attached to an aromatic ring is 1. The largest absolute Gasteiger partial charge is 0.368 e. The van der Waals surface area contributed by atoms with Gasteiger partial charge in [0.05, 0.1) is 26.7 Å². The van der Waals surface area contributed by atoms with Gasteiger partial charge in [0.15, 0.2) is 0 Å². The van der Waals surface area contributed by atoms with Gasteiger partial charge in [-0.25, -0.2) is 0 Å². The zero-order valence-electron chi connectivity index (χ0n) is 21.0. The van der Waals surface area contributed by atoms with Gasteiger partial charge in [0.25, 0.3) is 0 Å². The van der Waals surface area contributed by atoms with Crippen LogP contribution in [0.1, 0.15) is 12.8 Å². The SMILES string of the molecule is Nc1nc(N2CNCCNCCCNCCNC2)nc(N2CNCCNCCCNCCNC2)n1. The monoisotopic (exact) mass is 494 g/mol. The van der Waals surface area contributed by atoms with Crippen molar-refractivity contribution in [3.63, 3.8) is 0 Å². The molecule has 0 saturated carbocycles. The van der Waals surface area contributed by atoms with Crippen molar-refractivity contribution in [3.8, 4) is 0 Å². The minimum atomic E-state index is 0.218. The molecule has 3 rings (SSSR count). The molecule has 0 aliphatic carbocycles. The molecule has 3 heterocycles. The van der Waals surface area contributed by atoms with Gasteiger partial charge in [-0.2, -0.15) is 15.0 Å². The molecule has 0 bridgehead atoms. The van der Waals surface area contributed by atoms with Crippen LogP contribution in [0.5, 0.6) is 0 Å². The molecule has 2 saturated heterocycles. The van der Waals surface area contributed by atoms with Crippen LogP contribution in [0.25, 0.3) is 0 Å². The summed E-state index contributed by atoms with van der Waals surface area (Å²) in [6, 6.07) is 0. The minimum Gasteiger partial charge on any atom is -0.368 e. The summed E-state index contributed by atoms with van der Waals surface area (Å²) < 4.78 is 0. The van der Waals surface area contributed by atoms with Crippen LogP contribution in [0, 0.1) is 0 Å². The fourth-order valence-electron chi connectivity index (χ4n) is 3.79. The first kappa shape index (κ1) is 27.7. The Labute approximate surface area is 209 Å². The van der Waals surface area contributed by atoms with Crippen LogP contribution >= 0.6 is 0 Å². The second-order valence-electron chi connectivity index (χ2n) is 8.71. The zero-order chi connectivity index (χ0) is 24.4. The number of aromatic nitrogens is 3. The average Bonchev–Trinajstić information content (AvgIpc) is 2.86. The predicted molar refractivity (Wildman–Crippen MR) is 141 cm³/mol. The topological polar surface area (TPSA) is 167 Å². The number of rotatable bonds is 2. The van der Waals surface area contributed by atoms with Gasteiger partial charge in [-0.05, 0) is 39.0 Å². The van der Waals surface area contributed by atoms with Crippen molar-refractivity contribution in [2.45, 2.75) is 12.8 Å². The zero-order valence-corrected chi connectivity index (χ0v) is 21.0. The minimum absolute atomic E-state index is 0.218. The highest BCUT2D eigenvalue weighted by Crippen LogP contribution is 2.14. The van der Waals surface area contributed by atoms with E-state index in [1.54, 1.807) is 0 Å². The molecule has 10 N–H and O–H groups in total. The van der Waals surface area contributed by atoms with Crippen LogP contribution in [-0.2, 0) is 0 Å². The third-order valence-corrected chi connectivity index (χ3v) is 5.73. The van der Waals surface area contributed by atoms with E-state index in [0.717, 1.165) is 91.4 Å². The highest BCUT2D eigenvalue weighted by atomic mass is 15.4. The van der Waals surface area contributed by atoms with Crippen LogP contribution < -0.4 is 58.1 Å². The lowest BCUT2D eigenvalue weighted by Gasteiger charge is -2.27. The maximum atomic E-state index is 6.15. The smallest absolute Gasteiger partial charge is 0.234 e. The average molecular weight is 495 g/mol. The molecular formula is C21H46N14. The van der Waals surface area contributed by atoms with Gasteiger partial charge >= 0.3 is 0 Å². The van der Waals surface area contributed by atoms with Gasteiger partial charge in [0.1, 0.15) is 0 Å². The third-order valence-electron chi connectivity index (χ3n) is 5.73. The molecule has 2 aliphatic heterocycles. The second kappa shape index (κ2) is 17.5.